The lowest BCUT2D eigenvalue weighted by Crippen LogP contribution is -2.45. The zero-order valence-corrected chi connectivity index (χ0v) is 17.5. The van der Waals surface area contributed by atoms with Crippen molar-refractivity contribution in [2.75, 3.05) is 46.4 Å². The van der Waals surface area contributed by atoms with Crippen LogP contribution in [0.4, 0.5) is 0 Å². The standard InChI is InChI=1S/C24H28N4O2/c1-26-10-12-27(13-11-26)14-15-30-23-5-3-2-4-22(23)24-25-8-9-28(24)21-7-6-19-17-29-18-20(19)16-21/h2-9,16H,10-15,17-18H2,1H3. The van der Waals surface area contributed by atoms with E-state index < -0.39 is 0 Å². The second-order valence-corrected chi connectivity index (χ2v) is 8.06. The van der Waals surface area contributed by atoms with E-state index in [9.17, 15) is 0 Å². The number of hydrogen-bond acceptors (Lipinski definition) is 5. The van der Waals surface area contributed by atoms with Crippen molar-refractivity contribution in [1.82, 2.24) is 19.4 Å². The monoisotopic (exact) mass is 404 g/mol. The maximum absolute atomic E-state index is 6.23. The SMILES string of the molecule is CN1CCN(CCOc2ccccc2-c2nccn2-c2ccc3c(c2)COC3)CC1. The van der Waals surface area contributed by atoms with Crippen LogP contribution in [-0.4, -0.2) is 65.7 Å². The molecule has 3 aromatic rings. The lowest BCUT2D eigenvalue weighted by Gasteiger charge is -2.32. The van der Waals surface area contributed by atoms with Crippen molar-refractivity contribution >= 4 is 0 Å². The molecule has 2 aromatic carbocycles. The smallest absolute Gasteiger partial charge is 0.148 e. The molecule has 6 nitrogen and oxygen atoms in total. The van der Waals surface area contributed by atoms with E-state index >= 15 is 0 Å². The molecule has 156 valence electrons. The van der Waals surface area contributed by atoms with Gasteiger partial charge in [0.25, 0.3) is 0 Å². The Morgan fingerprint density at radius 2 is 1.83 bits per heavy atom. The van der Waals surface area contributed by atoms with Gasteiger partial charge < -0.3 is 14.4 Å². The van der Waals surface area contributed by atoms with E-state index in [1.807, 2.05) is 30.6 Å². The molecule has 6 heteroatoms. The fraction of sp³-hybridized carbons (Fsp3) is 0.375. The van der Waals surface area contributed by atoms with Gasteiger partial charge in [0.15, 0.2) is 0 Å². The summed E-state index contributed by atoms with van der Waals surface area (Å²) in [7, 11) is 2.18. The van der Waals surface area contributed by atoms with Gasteiger partial charge in [-0.15, -0.1) is 0 Å². The van der Waals surface area contributed by atoms with E-state index in [-0.39, 0.29) is 0 Å². The first-order chi connectivity index (χ1) is 14.8. The summed E-state index contributed by atoms with van der Waals surface area (Å²) >= 11 is 0. The van der Waals surface area contributed by atoms with Crippen molar-refractivity contribution < 1.29 is 9.47 Å². The third kappa shape index (κ3) is 3.99. The van der Waals surface area contributed by atoms with Gasteiger partial charge in [-0.2, -0.15) is 0 Å². The molecule has 0 saturated carbocycles. The molecule has 0 amide bonds. The van der Waals surface area contributed by atoms with Gasteiger partial charge in [0.2, 0.25) is 0 Å². The summed E-state index contributed by atoms with van der Waals surface area (Å²) in [5.74, 6) is 1.77. The van der Waals surface area contributed by atoms with Crippen LogP contribution in [0, 0.1) is 0 Å². The molecule has 0 atom stereocenters. The second kappa shape index (κ2) is 8.60. The third-order valence-electron chi connectivity index (χ3n) is 6.01. The first kappa shape index (κ1) is 19.3. The molecule has 0 aliphatic carbocycles. The summed E-state index contributed by atoms with van der Waals surface area (Å²) in [5.41, 5.74) is 4.63. The number of hydrogen-bond donors (Lipinski definition) is 0. The molecule has 1 aromatic heterocycles. The molecular formula is C24H28N4O2. The van der Waals surface area contributed by atoms with Crippen molar-refractivity contribution in [3.63, 3.8) is 0 Å². The summed E-state index contributed by atoms with van der Waals surface area (Å²) < 4.78 is 13.9. The van der Waals surface area contributed by atoms with Crippen LogP contribution in [0.15, 0.2) is 54.9 Å². The molecule has 1 saturated heterocycles. The summed E-state index contributed by atoms with van der Waals surface area (Å²) in [5, 5.41) is 0. The van der Waals surface area contributed by atoms with Gasteiger partial charge in [0.05, 0.1) is 18.8 Å². The lowest BCUT2D eigenvalue weighted by atomic mass is 10.1. The molecule has 0 unspecified atom stereocenters. The molecular weight excluding hydrogens is 376 g/mol. The average Bonchev–Trinajstić information content (AvgIpc) is 3.44. The third-order valence-corrected chi connectivity index (χ3v) is 6.01. The maximum atomic E-state index is 6.23. The van der Waals surface area contributed by atoms with Crippen molar-refractivity contribution in [3.05, 3.63) is 66.0 Å². The minimum atomic E-state index is 0.678. The number of aromatic nitrogens is 2. The fourth-order valence-corrected chi connectivity index (χ4v) is 4.15. The Morgan fingerprint density at radius 3 is 2.73 bits per heavy atom. The number of ether oxygens (including phenoxy) is 2. The minimum Gasteiger partial charge on any atom is -0.491 e. The van der Waals surface area contributed by atoms with Crippen LogP contribution >= 0.6 is 0 Å². The Bertz CT molecular complexity index is 1010. The number of nitrogens with zero attached hydrogens (tertiary/aromatic N) is 4. The Kier molecular flexibility index (Phi) is 5.53. The van der Waals surface area contributed by atoms with Crippen LogP contribution in [0.2, 0.25) is 0 Å². The maximum Gasteiger partial charge on any atom is 0.148 e. The van der Waals surface area contributed by atoms with Crippen molar-refractivity contribution in [2.24, 2.45) is 0 Å². The number of rotatable bonds is 6. The molecule has 2 aliphatic rings. The van der Waals surface area contributed by atoms with E-state index in [1.54, 1.807) is 0 Å². The van der Waals surface area contributed by atoms with Crippen molar-refractivity contribution in [1.29, 1.82) is 0 Å². The molecule has 5 rings (SSSR count). The van der Waals surface area contributed by atoms with Gasteiger partial charge in [-0.1, -0.05) is 18.2 Å². The van der Waals surface area contributed by atoms with Crippen LogP contribution < -0.4 is 4.74 Å². The Balaban J connectivity index is 1.34. The number of fused-ring (bicyclic) bond motifs is 1. The number of benzene rings is 2. The Hall–Kier alpha value is -2.67. The van der Waals surface area contributed by atoms with Gasteiger partial charge in [-0.05, 0) is 42.4 Å². The van der Waals surface area contributed by atoms with E-state index in [0.717, 1.165) is 55.5 Å². The summed E-state index contributed by atoms with van der Waals surface area (Å²) in [6.45, 7) is 7.47. The normalized spacial score (nSPS) is 17.2. The van der Waals surface area contributed by atoms with E-state index in [0.29, 0.717) is 19.8 Å². The minimum absolute atomic E-state index is 0.678. The Labute approximate surface area is 177 Å². The lowest BCUT2D eigenvalue weighted by molar-refractivity contribution is 0.134. The highest BCUT2D eigenvalue weighted by molar-refractivity contribution is 5.66. The number of piperazine rings is 1. The van der Waals surface area contributed by atoms with Crippen molar-refractivity contribution in [2.45, 2.75) is 13.2 Å². The number of para-hydroxylation sites is 1. The highest BCUT2D eigenvalue weighted by atomic mass is 16.5. The van der Waals surface area contributed by atoms with E-state index in [1.165, 1.54) is 11.1 Å². The van der Waals surface area contributed by atoms with E-state index in [2.05, 4.69) is 50.7 Å². The number of likely N-dealkylation sites (N-methyl/N-ethyl adjacent to an activating group) is 1. The van der Waals surface area contributed by atoms with Crippen LogP contribution in [-0.2, 0) is 18.0 Å². The van der Waals surface area contributed by atoms with Gasteiger partial charge in [0, 0.05) is 50.8 Å². The topological polar surface area (TPSA) is 42.8 Å². The summed E-state index contributed by atoms with van der Waals surface area (Å²) in [4.78, 5) is 9.50. The second-order valence-electron chi connectivity index (χ2n) is 8.06. The molecule has 0 radical (unpaired) electrons. The molecule has 3 heterocycles. The molecule has 30 heavy (non-hydrogen) atoms. The van der Waals surface area contributed by atoms with Crippen LogP contribution in [0.5, 0.6) is 5.75 Å². The average molecular weight is 405 g/mol. The first-order valence-electron chi connectivity index (χ1n) is 10.6. The Morgan fingerprint density at radius 1 is 1.00 bits per heavy atom. The van der Waals surface area contributed by atoms with E-state index in [4.69, 9.17) is 9.47 Å². The molecule has 0 bridgehead atoms. The largest absolute Gasteiger partial charge is 0.491 e. The van der Waals surface area contributed by atoms with Crippen LogP contribution in [0.1, 0.15) is 11.1 Å². The number of imidazole rings is 1. The molecule has 1 fully saturated rings. The first-order valence-corrected chi connectivity index (χ1v) is 10.6. The quantitative estimate of drug-likeness (QED) is 0.631. The zero-order valence-electron chi connectivity index (χ0n) is 17.5. The predicted octanol–water partition coefficient (Wildman–Crippen LogP) is 3.20. The predicted molar refractivity (Wildman–Crippen MR) is 117 cm³/mol. The van der Waals surface area contributed by atoms with Crippen molar-refractivity contribution in [3.8, 4) is 22.8 Å². The van der Waals surface area contributed by atoms with Gasteiger partial charge in [-0.3, -0.25) is 9.47 Å². The highest BCUT2D eigenvalue weighted by Gasteiger charge is 2.17. The molecule has 0 spiro atoms. The molecule has 2 aliphatic heterocycles. The van der Waals surface area contributed by atoms with Crippen LogP contribution in [0.25, 0.3) is 17.1 Å². The van der Waals surface area contributed by atoms with Gasteiger partial charge >= 0.3 is 0 Å². The molecule has 0 N–H and O–H groups in total. The van der Waals surface area contributed by atoms with Gasteiger partial charge in [-0.25, -0.2) is 4.98 Å². The van der Waals surface area contributed by atoms with Gasteiger partial charge in [0.1, 0.15) is 18.2 Å². The summed E-state index contributed by atoms with van der Waals surface area (Å²) in [6.07, 6.45) is 3.86. The fourth-order valence-electron chi connectivity index (χ4n) is 4.15. The van der Waals surface area contributed by atoms with Crippen LogP contribution in [0.3, 0.4) is 0 Å². The zero-order chi connectivity index (χ0) is 20.3. The summed E-state index contributed by atoms with van der Waals surface area (Å²) in [6, 6.07) is 14.7. The highest BCUT2D eigenvalue weighted by Crippen LogP contribution is 2.31.